The van der Waals surface area contributed by atoms with Crippen molar-refractivity contribution in [2.75, 3.05) is 16.9 Å². The average molecular weight is 423 g/mol. The molecule has 0 saturated heterocycles. The zero-order chi connectivity index (χ0) is 21.7. The number of Topliss-reactive ketones (excluding diaryl/α,β-unsaturated/α-hetero) is 1. The lowest BCUT2D eigenvalue weighted by Gasteiger charge is -2.08. The van der Waals surface area contributed by atoms with Crippen LogP contribution in [0, 0.1) is 6.92 Å². The highest BCUT2D eigenvalue weighted by atomic mass is 32.2. The van der Waals surface area contributed by atoms with Crippen LogP contribution < -0.4 is 16.7 Å². The summed E-state index contributed by atoms with van der Waals surface area (Å²) in [6.45, 7) is 3.46. The zero-order valence-corrected chi connectivity index (χ0v) is 17.4. The number of rotatable bonds is 7. The van der Waals surface area contributed by atoms with Gasteiger partial charge in [-0.05, 0) is 43.7 Å². The van der Waals surface area contributed by atoms with E-state index in [4.69, 9.17) is 5.84 Å². The number of nitrogen functional groups attached to an aromatic ring is 1. The summed E-state index contributed by atoms with van der Waals surface area (Å²) in [5, 5.41) is 10.9. The Morgan fingerprint density at radius 3 is 2.37 bits per heavy atom. The Morgan fingerprint density at radius 2 is 1.73 bits per heavy atom. The van der Waals surface area contributed by atoms with Gasteiger partial charge in [0.1, 0.15) is 5.69 Å². The second kappa shape index (κ2) is 9.36. The van der Waals surface area contributed by atoms with Gasteiger partial charge in [-0.2, -0.15) is 4.68 Å². The number of nitrogens with zero attached hydrogens (tertiary/aromatic N) is 3. The summed E-state index contributed by atoms with van der Waals surface area (Å²) in [6.07, 6.45) is 0.324. The molecule has 0 aliphatic heterocycles. The lowest BCUT2D eigenvalue weighted by atomic mass is 10.1. The molecule has 1 amide bonds. The molecule has 0 saturated carbocycles. The monoisotopic (exact) mass is 423 g/mol. The molecule has 1 heterocycles. The van der Waals surface area contributed by atoms with Gasteiger partial charge in [0.2, 0.25) is 11.1 Å². The number of ketones is 1. The van der Waals surface area contributed by atoms with Gasteiger partial charge in [-0.3, -0.25) is 14.4 Å². The Balaban J connectivity index is 1.61. The summed E-state index contributed by atoms with van der Waals surface area (Å²) < 4.78 is 0.913. The molecule has 30 heavy (non-hydrogen) atoms. The number of carbonyl (C=O) groups excluding carboxylic acids is 2. The minimum absolute atomic E-state index is 0.00289. The molecule has 0 aliphatic rings. The third-order valence-electron chi connectivity index (χ3n) is 4.33. The number of hydrogen-bond donors (Lipinski definition) is 2. The van der Waals surface area contributed by atoms with Gasteiger partial charge in [-0.1, -0.05) is 41.6 Å². The summed E-state index contributed by atoms with van der Waals surface area (Å²) >= 11 is 1.01. The van der Waals surface area contributed by atoms with Crippen molar-refractivity contribution in [3.63, 3.8) is 0 Å². The number of carbonyl (C=O) groups is 2. The number of benzene rings is 2. The first-order valence-corrected chi connectivity index (χ1v) is 10.1. The van der Waals surface area contributed by atoms with E-state index in [1.807, 2.05) is 31.2 Å². The standard InChI is InChI=1S/C21H21N5O3S/c1-13-3-5-15(6-4-13)11-18-20(29)26(22)21(25-24-18)30-12-19(28)23-17-9-7-16(8-10-17)14(2)27/h3-10H,11-12,22H2,1-2H3,(H,23,28). The first kappa shape index (κ1) is 21.3. The minimum atomic E-state index is -0.451. The summed E-state index contributed by atoms with van der Waals surface area (Å²) in [5.41, 5.74) is 2.98. The number of aryl methyl sites for hydroxylation is 1. The highest BCUT2D eigenvalue weighted by Crippen LogP contribution is 2.15. The third kappa shape index (κ3) is 5.32. The second-order valence-corrected chi connectivity index (χ2v) is 7.68. The molecule has 0 aliphatic carbocycles. The molecule has 1 aromatic heterocycles. The van der Waals surface area contributed by atoms with Crippen LogP contribution in [0.1, 0.15) is 34.1 Å². The Hall–Kier alpha value is -3.46. The van der Waals surface area contributed by atoms with Gasteiger partial charge in [0.15, 0.2) is 5.78 Å². The van der Waals surface area contributed by atoms with Crippen molar-refractivity contribution < 1.29 is 9.59 Å². The Bertz CT molecular complexity index is 1120. The molecule has 8 nitrogen and oxygen atoms in total. The first-order chi connectivity index (χ1) is 14.3. The van der Waals surface area contributed by atoms with Gasteiger partial charge in [-0.25, -0.2) is 0 Å². The van der Waals surface area contributed by atoms with Gasteiger partial charge < -0.3 is 11.2 Å². The van der Waals surface area contributed by atoms with Gasteiger partial charge in [0, 0.05) is 17.7 Å². The molecule has 3 aromatic rings. The normalized spacial score (nSPS) is 10.6. The van der Waals surface area contributed by atoms with Crippen molar-refractivity contribution in [3.8, 4) is 0 Å². The van der Waals surface area contributed by atoms with E-state index in [0.29, 0.717) is 17.7 Å². The first-order valence-electron chi connectivity index (χ1n) is 9.16. The third-order valence-corrected chi connectivity index (χ3v) is 5.27. The zero-order valence-electron chi connectivity index (χ0n) is 16.6. The second-order valence-electron chi connectivity index (χ2n) is 6.74. The fourth-order valence-corrected chi connectivity index (χ4v) is 3.30. The van der Waals surface area contributed by atoms with E-state index < -0.39 is 5.56 Å². The maximum Gasteiger partial charge on any atom is 0.294 e. The number of aromatic nitrogens is 3. The van der Waals surface area contributed by atoms with Gasteiger partial charge in [-0.15, -0.1) is 10.2 Å². The summed E-state index contributed by atoms with van der Waals surface area (Å²) in [4.78, 5) is 35.9. The van der Waals surface area contributed by atoms with Crippen molar-refractivity contribution in [2.45, 2.75) is 25.4 Å². The number of amides is 1. The van der Waals surface area contributed by atoms with E-state index in [2.05, 4.69) is 15.5 Å². The van der Waals surface area contributed by atoms with Crippen LogP contribution in [0.15, 0.2) is 58.5 Å². The summed E-state index contributed by atoms with van der Waals surface area (Å²) in [5.74, 6) is 5.51. The van der Waals surface area contributed by atoms with Crippen LogP contribution in [-0.2, 0) is 11.2 Å². The van der Waals surface area contributed by atoms with E-state index in [9.17, 15) is 14.4 Å². The molecule has 9 heteroatoms. The number of anilines is 1. The van der Waals surface area contributed by atoms with Crippen LogP contribution in [0.3, 0.4) is 0 Å². The summed E-state index contributed by atoms with van der Waals surface area (Å²) in [7, 11) is 0. The minimum Gasteiger partial charge on any atom is -0.334 e. The number of thioether (sulfide) groups is 1. The van der Waals surface area contributed by atoms with Crippen molar-refractivity contribution in [2.24, 2.45) is 0 Å². The molecule has 3 rings (SSSR count). The van der Waals surface area contributed by atoms with E-state index in [-0.39, 0.29) is 28.3 Å². The quantitative estimate of drug-likeness (QED) is 0.339. The molecular formula is C21H21N5O3S. The van der Waals surface area contributed by atoms with Crippen molar-refractivity contribution in [3.05, 3.63) is 81.3 Å². The van der Waals surface area contributed by atoms with Crippen LogP contribution in [-0.4, -0.2) is 32.3 Å². The average Bonchev–Trinajstić information content (AvgIpc) is 2.73. The van der Waals surface area contributed by atoms with Gasteiger partial charge in [0.25, 0.3) is 5.56 Å². The van der Waals surface area contributed by atoms with E-state index in [0.717, 1.165) is 27.6 Å². The smallest absolute Gasteiger partial charge is 0.294 e. The molecule has 0 bridgehead atoms. The molecule has 154 valence electrons. The van der Waals surface area contributed by atoms with Crippen LogP contribution in [0.5, 0.6) is 0 Å². The van der Waals surface area contributed by atoms with Crippen molar-refractivity contribution in [1.82, 2.24) is 14.9 Å². The molecule has 3 N–H and O–H groups in total. The van der Waals surface area contributed by atoms with Crippen LogP contribution in [0.2, 0.25) is 0 Å². The number of nitrogens with one attached hydrogen (secondary N) is 1. The maximum absolute atomic E-state index is 12.5. The molecule has 0 fully saturated rings. The predicted octanol–water partition coefficient (Wildman–Crippen LogP) is 2.18. The molecule has 0 radical (unpaired) electrons. The fraction of sp³-hybridized carbons (Fsp3) is 0.190. The van der Waals surface area contributed by atoms with Crippen molar-refractivity contribution in [1.29, 1.82) is 0 Å². The SMILES string of the molecule is CC(=O)c1ccc(NC(=O)CSc2nnc(Cc3ccc(C)cc3)c(=O)n2N)cc1. The fourth-order valence-electron chi connectivity index (χ4n) is 2.64. The molecule has 0 atom stereocenters. The number of nitrogens with two attached hydrogens (primary N) is 1. The highest BCUT2D eigenvalue weighted by molar-refractivity contribution is 7.99. The van der Waals surface area contributed by atoms with Crippen LogP contribution in [0.25, 0.3) is 0 Å². The molecular weight excluding hydrogens is 402 g/mol. The Labute approximate surface area is 177 Å². The van der Waals surface area contributed by atoms with E-state index >= 15 is 0 Å². The summed E-state index contributed by atoms with van der Waals surface area (Å²) in [6, 6.07) is 14.3. The van der Waals surface area contributed by atoms with E-state index in [1.165, 1.54) is 6.92 Å². The molecule has 0 unspecified atom stereocenters. The Kier molecular flexibility index (Phi) is 6.63. The largest absolute Gasteiger partial charge is 0.334 e. The van der Waals surface area contributed by atoms with Gasteiger partial charge in [0.05, 0.1) is 5.75 Å². The lowest BCUT2D eigenvalue weighted by molar-refractivity contribution is -0.113. The maximum atomic E-state index is 12.5. The molecule has 2 aromatic carbocycles. The Morgan fingerprint density at radius 1 is 1.07 bits per heavy atom. The van der Waals surface area contributed by atoms with Gasteiger partial charge >= 0.3 is 0 Å². The number of hydrogen-bond acceptors (Lipinski definition) is 7. The lowest BCUT2D eigenvalue weighted by Crippen LogP contribution is -2.34. The van der Waals surface area contributed by atoms with Crippen LogP contribution in [0.4, 0.5) is 5.69 Å². The van der Waals surface area contributed by atoms with Crippen LogP contribution >= 0.6 is 11.8 Å². The highest BCUT2D eigenvalue weighted by Gasteiger charge is 2.13. The van der Waals surface area contributed by atoms with E-state index in [1.54, 1.807) is 24.3 Å². The topological polar surface area (TPSA) is 120 Å². The predicted molar refractivity (Wildman–Crippen MR) is 116 cm³/mol. The van der Waals surface area contributed by atoms with Crippen molar-refractivity contribution >= 4 is 29.1 Å². The molecule has 0 spiro atoms.